The molecule has 1 aliphatic rings. The highest BCUT2D eigenvalue weighted by atomic mass is 19.1. The van der Waals surface area contributed by atoms with Gasteiger partial charge in [0.1, 0.15) is 17.3 Å². The van der Waals surface area contributed by atoms with Crippen LogP contribution in [0.4, 0.5) is 4.39 Å². The van der Waals surface area contributed by atoms with Gasteiger partial charge in [0.15, 0.2) is 5.96 Å². The van der Waals surface area contributed by atoms with Crippen molar-refractivity contribution in [2.75, 3.05) is 33.9 Å². The molecule has 1 saturated carbocycles. The Bertz CT molecular complexity index is 861. The molecular weight excluding hydrogens is 385 g/mol. The molecule has 1 aliphatic carbocycles. The van der Waals surface area contributed by atoms with E-state index in [9.17, 15) is 9.50 Å². The van der Waals surface area contributed by atoms with Gasteiger partial charge in [0.25, 0.3) is 0 Å². The van der Waals surface area contributed by atoms with E-state index in [2.05, 4.69) is 15.6 Å². The second-order valence-corrected chi connectivity index (χ2v) is 7.50. The van der Waals surface area contributed by atoms with Crippen molar-refractivity contribution in [3.05, 3.63) is 59.4 Å². The number of nitrogens with zero attached hydrogens (tertiary/aromatic N) is 1. The molecule has 1 unspecified atom stereocenters. The van der Waals surface area contributed by atoms with Crippen LogP contribution in [-0.4, -0.2) is 44.9 Å². The molecule has 30 heavy (non-hydrogen) atoms. The number of methoxy groups -OCH3 is 2. The summed E-state index contributed by atoms with van der Waals surface area (Å²) in [7, 11) is 3.14. The van der Waals surface area contributed by atoms with Crippen molar-refractivity contribution >= 4 is 5.96 Å². The number of aliphatic imine (C=N–C) groups is 1. The molecule has 0 saturated heterocycles. The van der Waals surface area contributed by atoms with Crippen molar-refractivity contribution in [2.24, 2.45) is 4.99 Å². The van der Waals surface area contributed by atoms with Crippen molar-refractivity contribution in [1.82, 2.24) is 10.6 Å². The van der Waals surface area contributed by atoms with Gasteiger partial charge in [-0.3, -0.25) is 4.99 Å². The number of hydrogen-bond donors (Lipinski definition) is 3. The topological polar surface area (TPSA) is 75.1 Å². The average molecular weight is 416 g/mol. The van der Waals surface area contributed by atoms with Crippen molar-refractivity contribution in [1.29, 1.82) is 0 Å². The van der Waals surface area contributed by atoms with Gasteiger partial charge in [-0.2, -0.15) is 0 Å². The quantitative estimate of drug-likeness (QED) is 0.433. The summed E-state index contributed by atoms with van der Waals surface area (Å²) in [6.45, 7) is 3.41. The summed E-state index contributed by atoms with van der Waals surface area (Å²) in [6.07, 6.45) is 1.06. The van der Waals surface area contributed by atoms with Crippen LogP contribution in [0.5, 0.6) is 11.5 Å². The molecule has 0 aliphatic heterocycles. The molecule has 0 heterocycles. The van der Waals surface area contributed by atoms with Gasteiger partial charge in [0.05, 0.1) is 26.9 Å². The predicted molar refractivity (Wildman–Crippen MR) is 116 cm³/mol. The lowest BCUT2D eigenvalue weighted by atomic mass is 9.95. The van der Waals surface area contributed by atoms with Crippen LogP contribution in [0, 0.1) is 5.82 Å². The van der Waals surface area contributed by atoms with Gasteiger partial charge in [-0.1, -0.05) is 18.2 Å². The van der Waals surface area contributed by atoms with E-state index >= 15 is 0 Å². The largest absolute Gasteiger partial charge is 0.497 e. The molecule has 0 bridgehead atoms. The van der Waals surface area contributed by atoms with Gasteiger partial charge in [-0.15, -0.1) is 0 Å². The number of ether oxygens (including phenoxy) is 2. The number of hydrogen-bond acceptors (Lipinski definition) is 4. The fourth-order valence-corrected chi connectivity index (χ4v) is 3.46. The first-order valence-electron chi connectivity index (χ1n) is 10.2. The minimum absolute atomic E-state index is 0.175. The first kappa shape index (κ1) is 21.9. The lowest BCUT2D eigenvalue weighted by Crippen LogP contribution is -2.40. The minimum Gasteiger partial charge on any atom is -0.497 e. The second-order valence-electron chi connectivity index (χ2n) is 7.50. The summed E-state index contributed by atoms with van der Waals surface area (Å²) in [5.41, 5.74) is 1.18. The number of nitrogens with one attached hydrogen (secondary N) is 2. The molecule has 1 atom stereocenters. The number of aliphatic hydroxyl groups is 1. The van der Waals surface area contributed by atoms with Gasteiger partial charge < -0.3 is 25.2 Å². The molecule has 0 radical (unpaired) electrons. The molecular formula is C23H30FN3O3. The van der Waals surface area contributed by atoms with E-state index in [0.717, 1.165) is 18.4 Å². The first-order chi connectivity index (χ1) is 14.5. The SMILES string of the molecule is CCNC(=NCC1(c2ccccc2F)CC1)NCC(O)c1cc(OC)cc(OC)c1. The third-order valence-corrected chi connectivity index (χ3v) is 5.40. The maximum Gasteiger partial charge on any atom is 0.191 e. The third-order valence-electron chi connectivity index (χ3n) is 5.40. The van der Waals surface area contributed by atoms with Crippen molar-refractivity contribution < 1.29 is 19.0 Å². The standard InChI is InChI=1S/C23H30FN3O3/c1-4-25-22(27-15-23(9-10-23)19-7-5-6-8-20(19)24)26-14-21(28)16-11-17(29-2)13-18(12-16)30-3/h5-8,11-13,21,28H,4,9-10,14-15H2,1-3H3,(H2,25,26,27). The van der Waals surface area contributed by atoms with Crippen LogP contribution < -0.4 is 20.1 Å². The van der Waals surface area contributed by atoms with Gasteiger partial charge >= 0.3 is 0 Å². The van der Waals surface area contributed by atoms with E-state index < -0.39 is 6.10 Å². The molecule has 1 fully saturated rings. The number of rotatable bonds is 9. The third kappa shape index (κ3) is 5.21. The molecule has 6 nitrogen and oxygen atoms in total. The first-order valence-corrected chi connectivity index (χ1v) is 10.2. The number of aliphatic hydroxyl groups excluding tert-OH is 1. The normalized spacial score (nSPS) is 16.0. The Hall–Kier alpha value is -2.80. The van der Waals surface area contributed by atoms with E-state index in [1.54, 1.807) is 38.5 Å². The molecule has 2 aromatic carbocycles. The highest BCUT2D eigenvalue weighted by Crippen LogP contribution is 2.49. The average Bonchev–Trinajstić information content (AvgIpc) is 3.56. The van der Waals surface area contributed by atoms with Gasteiger partial charge in [-0.25, -0.2) is 4.39 Å². The Kier molecular flexibility index (Phi) is 7.15. The molecule has 7 heteroatoms. The van der Waals surface area contributed by atoms with E-state index in [0.29, 0.717) is 36.1 Å². The van der Waals surface area contributed by atoms with Crippen LogP contribution in [-0.2, 0) is 5.41 Å². The Morgan fingerprint density at radius 2 is 1.80 bits per heavy atom. The lowest BCUT2D eigenvalue weighted by molar-refractivity contribution is 0.180. The van der Waals surface area contributed by atoms with Crippen LogP contribution in [0.1, 0.15) is 37.0 Å². The summed E-state index contributed by atoms with van der Waals surface area (Å²) >= 11 is 0. The summed E-state index contributed by atoms with van der Waals surface area (Å²) in [6, 6.07) is 12.2. The zero-order valence-electron chi connectivity index (χ0n) is 17.7. The zero-order chi connectivity index (χ0) is 21.6. The monoisotopic (exact) mass is 415 g/mol. The van der Waals surface area contributed by atoms with Crippen molar-refractivity contribution in [3.63, 3.8) is 0 Å². The second kappa shape index (κ2) is 9.80. The summed E-state index contributed by atoms with van der Waals surface area (Å²) in [5, 5.41) is 17.0. The van der Waals surface area contributed by atoms with Crippen LogP contribution in [0.15, 0.2) is 47.5 Å². The van der Waals surface area contributed by atoms with Crippen LogP contribution in [0.25, 0.3) is 0 Å². The Morgan fingerprint density at radius 3 is 2.37 bits per heavy atom. The van der Waals surface area contributed by atoms with Crippen molar-refractivity contribution in [3.8, 4) is 11.5 Å². The fraction of sp³-hybridized carbons (Fsp3) is 0.435. The smallest absolute Gasteiger partial charge is 0.191 e. The summed E-state index contributed by atoms with van der Waals surface area (Å²) in [4.78, 5) is 4.67. The highest BCUT2D eigenvalue weighted by Gasteiger charge is 2.45. The maximum atomic E-state index is 14.2. The molecule has 0 spiro atoms. The van der Waals surface area contributed by atoms with Crippen LogP contribution >= 0.6 is 0 Å². The molecule has 3 N–H and O–H groups in total. The van der Waals surface area contributed by atoms with Crippen LogP contribution in [0.3, 0.4) is 0 Å². The highest BCUT2D eigenvalue weighted by molar-refractivity contribution is 5.80. The summed E-state index contributed by atoms with van der Waals surface area (Å²) < 4.78 is 24.8. The molecule has 162 valence electrons. The van der Waals surface area contributed by atoms with Gasteiger partial charge in [0.2, 0.25) is 0 Å². The van der Waals surface area contributed by atoms with Crippen LogP contribution in [0.2, 0.25) is 0 Å². The summed E-state index contributed by atoms with van der Waals surface area (Å²) in [5.74, 6) is 1.65. The minimum atomic E-state index is -0.778. The van der Waals surface area contributed by atoms with Crippen molar-refractivity contribution in [2.45, 2.75) is 31.3 Å². The number of halogens is 1. The number of benzene rings is 2. The maximum absolute atomic E-state index is 14.2. The van der Waals surface area contributed by atoms with E-state index in [1.807, 2.05) is 19.1 Å². The Labute approximate surface area is 177 Å². The molecule has 0 aromatic heterocycles. The molecule has 3 rings (SSSR count). The predicted octanol–water partition coefficient (Wildman–Crippen LogP) is 3.16. The Balaban J connectivity index is 1.67. The van der Waals surface area contributed by atoms with E-state index in [4.69, 9.17) is 9.47 Å². The molecule has 2 aromatic rings. The lowest BCUT2D eigenvalue weighted by Gasteiger charge is -2.18. The zero-order valence-corrected chi connectivity index (χ0v) is 17.7. The van der Waals surface area contributed by atoms with E-state index in [-0.39, 0.29) is 17.8 Å². The molecule has 0 amide bonds. The van der Waals surface area contributed by atoms with E-state index in [1.165, 1.54) is 6.07 Å². The van der Waals surface area contributed by atoms with Gasteiger partial charge in [-0.05, 0) is 49.1 Å². The number of guanidine groups is 1. The fourth-order valence-electron chi connectivity index (χ4n) is 3.46. The Morgan fingerprint density at radius 1 is 1.13 bits per heavy atom. The van der Waals surface area contributed by atoms with Gasteiger partial charge in [0, 0.05) is 24.6 Å².